The van der Waals surface area contributed by atoms with E-state index in [4.69, 9.17) is 21.6 Å². The van der Waals surface area contributed by atoms with Gasteiger partial charge in [-0.15, -0.1) is 0 Å². The van der Waals surface area contributed by atoms with Gasteiger partial charge in [0.1, 0.15) is 17.8 Å². The maximum absolute atomic E-state index is 8.91. The van der Waals surface area contributed by atoms with Crippen LogP contribution in [0.5, 0.6) is 0 Å². The van der Waals surface area contributed by atoms with Crippen molar-refractivity contribution in [3.05, 3.63) is 102 Å². The van der Waals surface area contributed by atoms with Gasteiger partial charge in [0.15, 0.2) is 0 Å². The van der Waals surface area contributed by atoms with E-state index in [1.54, 1.807) is 6.33 Å². The Morgan fingerprint density at radius 2 is 1.56 bits per heavy atom. The van der Waals surface area contributed by atoms with Crippen molar-refractivity contribution >= 4 is 16.9 Å². The molecule has 3 aromatic carbocycles. The molecule has 5 N–H and O–H groups in total. The SMILES string of the molecule is NCCCCC#Cc1cccc(Cn2c(-c3ccccc3)c(-c3ccccc3)c3c(N)ncnc32)c1.OC1CCCCC1. The lowest BCUT2D eigenvalue weighted by Crippen LogP contribution is -2.09. The molecule has 0 radical (unpaired) electrons. The average Bonchev–Trinajstić information content (AvgIpc) is 3.38. The summed E-state index contributed by atoms with van der Waals surface area (Å²) in [4.78, 5) is 9.05. The predicted octanol–water partition coefficient (Wildman–Crippen LogP) is 7.19. The zero-order valence-electron chi connectivity index (χ0n) is 24.8. The Hall–Kier alpha value is -4.44. The fourth-order valence-electron chi connectivity index (χ4n) is 5.66. The van der Waals surface area contributed by atoms with E-state index in [0.717, 1.165) is 76.6 Å². The summed E-state index contributed by atoms with van der Waals surface area (Å²) < 4.78 is 2.25. The van der Waals surface area contributed by atoms with Crippen LogP contribution in [0.2, 0.25) is 0 Å². The lowest BCUT2D eigenvalue weighted by atomic mass is 9.98. The van der Waals surface area contributed by atoms with Crippen molar-refractivity contribution in [2.75, 3.05) is 12.3 Å². The molecule has 43 heavy (non-hydrogen) atoms. The van der Waals surface area contributed by atoms with E-state index in [1.165, 1.54) is 19.3 Å². The number of hydrogen-bond donors (Lipinski definition) is 3. The molecule has 1 aliphatic carbocycles. The molecule has 2 aromatic heterocycles. The molecular formula is C37H41N5O. The third-order valence-electron chi connectivity index (χ3n) is 7.81. The zero-order valence-corrected chi connectivity index (χ0v) is 24.8. The molecule has 220 valence electrons. The highest BCUT2D eigenvalue weighted by molar-refractivity contribution is 6.07. The van der Waals surface area contributed by atoms with Crippen LogP contribution >= 0.6 is 0 Å². The first-order valence-electron chi connectivity index (χ1n) is 15.3. The average molecular weight is 572 g/mol. The first kappa shape index (κ1) is 30.0. The molecule has 0 saturated heterocycles. The van der Waals surface area contributed by atoms with Crippen LogP contribution in [0.3, 0.4) is 0 Å². The third kappa shape index (κ3) is 7.70. The number of aliphatic hydroxyl groups is 1. The quantitative estimate of drug-likeness (QED) is 0.142. The van der Waals surface area contributed by atoms with Crippen molar-refractivity contribution in [2.45, 2.75) is 64.0 Å². The minimum atomic E-state index is 0.0359. The maximum atomic E-state index is 8.91. The van der Waals surface area contributed by atoms with Gasteiger partial charge in [0.05, 0.1) is 17.2 Å². The molecule has 6 nitrogen and oxygen atoms in total. The van der Waals surface area contributed by atoms with Gasteiger partial charge in [-0.25, -0.2) is 9.97 Å². The Morgan fingerprint density at radius 1 is 0.837 bits per heavy atom. The van der Waals surface area contributed by atoms with Gasteiger partial charge in [0.2, 0.25) is 0 Å². The standard InChI is InChI=1S/C31H29N5.C6H12O/c32-19-10-2-1-5-12-23-13-11-14-24(20-23)21-36-29(26-17-8-4-9-18-26)27(25-15-6-3-7-16-25)28-30(33)34-22-35-31(28)36;7-6-4-2-1-3-5-6/h3-4,6-9,11,13-18,20,22H,1-2,10,19,21,32H2,(H2,33,34,35);6-7H,1-5H2. The van der Waals surface area contributed by atoms with Crippen molar-refractivity contribution in [3.63, 3.8) is 0 Å². The van der Waals surface area contributed by atoms with Crippen molar-refractivity contribution in [1.82, 2.24) is 14.5 Å². The highest BCUT2D eigenvalue weighted by Crippen LogP contribution is 2.42. The Labute approximate surface area is 254 Å². The topological polar surface area (TPSA) is 103 Å². The predicted molar refractivity (Wildman–Crippen MR) is 177 cm³/mol. The summed E-state index contributed by atoms with van der Waals surface area (Å²) in [5.41, 5.74) is 19.3. The number of aliphatic hydroxyl groups excluding tert-OH is 1. The number of unbranched alkanes of at least 4 members (excludes halogenated alkanes) is 2. The van der Waals surface area contributed by atoms with Gasteiger partial charge < -0.3 is 21.1 Å². The van der Waals surface area contributed by atoms with Crippen LogP contribution < -0.4 is 11.5 Å². The monoisotopic (exact) mass is 571 g/mol. The van der Waals surface area contributed by atoms with Crippen LogP contribution in [0, 0.1) is 11.8 Å². The summed E-state index contributed by atoms with van der Waals surface area (Å²) in [5.74, 6) is 7.06. The normalized spacial score (nSPS) is 13.2. The lowest BCUT2D eigenvalue weighted by molar-refractivity contribution is 0.130. The zero-order chi connectivity index (χ0) is 29.9. The first-order chi connectivity index (χ1) is 21.2. The molecule has 1 fully saturated rings. The number of hydrogen-bond acceptors (Lipinski definition) is 5. The number of nitrogens with two attached hydrogens (primary N) is 2. The molecule has 1 aliphatic rings. The number of nitrogen functional groups attached to an aromatic ring is 1. The molecule has 2 heterocycles. The van der Waals surface area contributed by atoms with Gasteiger partial charge in [0.25, 0.3) is 0 Å². The summed E-state index contributed by atoms with van der Waals surface area (Å²) >= 11 is 0. The van der Waals surface area contributed by atoms with E-state index in [-0.39, 0.29) is 6.10 Å². The number of anilines is 1. The number of benzene rings is 3. The minimum absolute atomic E-state index is 0.0359. The molecule has 6 heteroatoms. The number of aromatic nitrogens is 3. The molecule has 0 spiro atoms. The van der Waals surface area contributed by atoms with E-state index in [2.05, 4.69) is 82.1 Å². The van der Waals surface area contributed by atoms with Crippen molar-refractivity contribution in [1.29, 1.82) is 0 Å². The molecule has 0 unspecified atom stereocenters. The molecule has 0 aliphatic heterocycles. The van der Waals surface area contributed by atoms with Crippen molar-refractivity contribution < 1.29 is 5.11 Å². The smallest absolute Gasteiger partial charge is 0.146 e. The molecular weight excluding hydrogens is 530 g/mol. The lowest BCUT2D eigenvalue weighted by Gasteiger charge is -2.14. The van der Waals surface area contributed by atoms with Crippen LogP contribution in [0.4, 0.5) is 5.82 Å². The Morgan fingerprint density at radius 3 is 2.23 bits per heavy atom. The van der Waals surface area contributed by atoms with E-state index in [9.17, 15) is 0 Å². The summed E-state index contributed by atoms with van der Waals surface area (Å²) in [6.45, 7) is 1.34. The molecule has 5 aromatic rings. The summed E-state index contributed by atoms with van der Waals surface area (Å²) in [7, 11) is 0. The van der Waals surface area contributed by atoms with E-state index >= 15 is 0 Å². The van der Waals surface area contributed by atoms with Gasteiger partial charge in [-0.3, -0.25) is 0 Å². The Bertz CT molecular complexity index is 1660. The van der Waals surface area contributed by atoms with Gasteiger partial charge >= 0.3 is 0 Å². The number of nitrogens with zero attached hydrogens (tertiary/aromatic N) is 3. The summed E-state index contributed by atoms with van der Waals surface area (Å²) in [6, 6.07) is 29.1. The van der Waals surface area contributed by atoms with Crippen LogP contribution in [-0.2, 0) is 6.54 Å². The Balaban J connectivity index is 0.000000463. The van der Waals surface area contributed by atoms with Gasteiger partial charge in [-0.2, -0.15) is 0 Å². The van der Waals surface area contributed by atoms with Gasteiger partial charge in [-0.05, 0) is 61.1 Å². The van der Waals surface area contributed by atoms with Crippen LogP contribution in [-0.4, -0.2) is 32.3 Å². The van der Waals surface area contributed by atoms with E-state index in [1.807, 2.05) is 24.3 Å². The second-order valence-corrected chi connectivity index (χ2v) is 11.0. The van der Waals surface area contributed by atoms with Crippen LogP contribution in [0.1, 0.15) is 62.5 Å². The fourth-order valence-corrected chi connectivity index (χ4v) is 5.66. The number of rotatable bonds is 7. The van der Waals surface area contributed by atoms with Crippen molar-refractivity contribution in [3.8, 4) is 34.2 Å². The second-order valence-electron chi connectivity index (χ2n) is 11.0. The Kier molecular flexibility index (Phi) is 10.6. The molecule has 6 rings (SSSR count). The summed E-state index contributed by atoms with van der Waals surface area (Å²) in [5, 5.41) is 9.78. The molecule has 0 amide bonds. The third-order valence-corrected chi connectivity index (χ3v) is 7.81. The fraction of sp³-hybridized carbons (Fsp3) is 0.297. The van der Waals surface area contributed by atoms with Gasteiger partial charge in [0, 0.05) is 24.1 Å². The van der Waals surface area contributed by atoms with Crippen LogP contribution in [0.25, 0.3) is 33.4 Å². The molecule has 0 atom stereocenters. The highest BCUT2D eigenvalue weighted by atomic mass is 16.3. The molecule has 0 bridgehead atoms. The summed E-state index contributed by atoms with van der Waals surface area (Å²) in [6.07, 6.45) is 10.4. The van der Waals surface area contributed by atoms with Crippen molar-refractivity contribution in [2.24, 2.45) is 5.73 Å². The van der Waals surface area contributed by atoms with E-state index in [0.29, 0.717) is 18.9 Å². The number of fused-ring (bicyclic) bond motifs is 1. The van der Waals surface area contributed by atoms with Gasteiger partial charge in [-0.1, -0.05) is 104 Å². The highest BCUT2D eigenvalue weighted by Gasteiger charge is 2.23. The van der Waals surface area contributed by atoms with E-state index < -0.39 is 0 Å². The van der Waals surface area contributed by atoms with Crippen LogP contribution in [0.15, 0.2) is 91.3 Å². The molecule has 1 saturated carbocycles. The second kappa shape index (κ2) is 15.2. The maximum Gasteiger partial charge on any atom is 0.146 e. The first-order valence-corrected chi connectivity index (χ1v) is 15.3. The minimum Gasteiger partial charge on any atom is -0.393 e. The largest absolute Gasteiger partial charge is 0.393 e.